The third kappa shape index (κ3) is 7.16. The molecule has 1 unspecified atom stereocenters. The Morgan fingerprint density at radius 2 is 1.69 bits per heavy atom. The fraction of sp³-hybridized carbons (Fsp3) is 0.385. The Balaban J connectivity index is 1.63. The average Bonchev–Trinajstić information content (AvgIpc) is 3.21. The molecule has 2 amide bonds. The van der Waals surface area contributed by atoms with Crippen LogP contribution < -0.4 is 10.6 Å². The van der Waals surface area contributed by atoms with Crippen LogP contribution in [0.3, 0.4) is 0 Å². The largest absolute Gasteiger partial charge is 0.346 e. The first-order chi connectivity index (χ1) is 16.8. The molecule has 1 heterocycles. The molecule has 0 fully saturated rings. The highest BCUT2D eigenvalue weighted by Crippen LogP contribution is 2.26. The average molecular weight is 495 g/mol. The fourth-order valence-corrected chi connectivity index (χ4v) is 4.68. The Morgan fingerprint density at radius 3 is 2.31 bits per heavy atom. The first-order valence-corrected chi connectivity index (χ1v) is 12.7. The highest BCUT2D eigenvalue weighted by Gasteiger charge is 2.22. The van der Waals surface area contributed by atoms with Crippen LogP contribution in [0.25, 0.3) is 0 Å². The second kappa shape index (κ2) is 12.5. The number of aryl methyl sites for hydroxylation is 2. The minimum Gasteiger partial charge on any atom is -0.346 e. The van der Waals surface area contributed by atoms with Gasteiger partial charge in [0.25, 0.3) is 0 Å². The first kappa shape index (κ1) is 26.4. The number of carbonyl (C=O) groups is 2. The van der Waals surface area contributed by atoms with Crippen molar-refractivity contribution in [2.45, 2.75) is 44.9 Å². The van der Waals surface area contributed by atoms with Gasteiger partial charge >= 0.3 is 0 Å². The van der Waals surface area contributed by atoms with E-state index < -0.39 is 0 Å². The molecular formula is C26H34N6O2S. The van der Waals surface area contributed by atoms with Crippen molar-refractivity contribution in [2.75, 3.05) is 31.7 Å². The highest BCUT2D eigenvalue weighted by atomic mass is 32.2. The summed E-state index contributed by atoms with van der Waals surface area (Å²) in [6.07, 6.45) is 0.889. The predicted molar refractivity (Wildman–Crippen MR) is 141 cm³/mol. The number of nitrogens with one attached hydrogen (secondary N) is 2. The standard InChI is InChI=1S/C26H34N6O2S/c1-6-21(31(4)5)25-29-30-26(32(25)16-20-13-8-7-9-14-20)35-17-23(34)27-15-22(33)28-24-18(2)11-10-12-19(24)3/h7-14,21H,6,15-17H2,1-5H3,(H,27,34)(H,28,33). The van der Waals surface area contributed by atoms with Gasteiger partial charge in [-0.15, -0.1) is 10.2 Å². The van der Waals surface area contributed by atoms with E-state index in [2.05, 4.69) is 49.4 Å². The Labute approximate surface area is 211 Å². The Morgan fingerprint density at radius 1 is 1.00 bits per heavy atom. The summed E-state index contributed by atoms with van der Waals surface area (Å²) in [4.78, 5) is 27.0. The molecule has 1 atom stereocenters. The maximum Gasteiger partial charge on any atom is 0.243 e. The third-order valence-corrected chi connectivity index (χ3v) is 6.73. The summed E-state index contributed by atoms with van der Waals surface area (Å²) in [6.45, 7) is 6.54. The van der Waals surface area contributed by atoms with Crippen molar-refractivity contribution in [2.24, 2.45) is 0 Å². The number of aromatic nitrogens is 3. The van der Waals surface area contributed by atoms with Gasteiger partial charge in [-0.05, 0) is 51.1 Å². The monoisotopic (exact) mass is 494 g/mol. The van der Waals surface area contributed by atoms with Crippen molar-refractivity contribution in [3.05, 3.63) is 71.0 Å². The molecule has 3 rings (SSSR count). The smallest absolute Gasteiger partial charge is 0.243 e. The van der Waals surface area contributed by atoms with Crippen molar-refractivity contribution >= 4 is 29.3 Å². The van der Waals surface area contributed by atoms with Gasteiger partial charge in [-0.1, -0.05) is 67.2 Å². The molecule has 0 saturated carbocycles. The van der Waals surface area contributed by atoms with Crippen molar-refractivity contribution < 1.29 is 9.59 Å². The molecule has 0 aliphatic carbocycles. The van der Waals surface area contributed by atoms with Crippen LogP contribution in [-0.4, -0.2) is 57.9 Å². The molecule has 9 heteroatoms. The summed E-state index contributed by atoms with van der Waals surface area (Å²) in [5, 5.41) is 15.1. The summed E-state index contributed by atoms with van der Waals surface area (Å²) in [6, 6.07) is 16.1. The van der Waals surface area contributed by atoms with Crippen molar-refractivity contribution in [3.63, 3.8) is 0 Å². The van der Waals surface area contributed by atoms with Crippen LogP contribution >= 0.6 is 11.8 Å². The Hall–Kier alpha value is -3.17. The molecule has 35 heavy (non-hydrogen) atoms. The SMILES string of the molecule is CCC(c1nnc(SCC(=O)NCC(=O)Nc2c(C)cccc2C)n1Cc1ccccc1)N(C)C. The van der Waals surface area contributed by atoms with E-state index in [1.165, 1.54) is 11.8 Å². The van der Waals surface area contributed by atoms with Crippen molar-refractivity contribution in [1.82, 2.24) is 25.0 Å². The third-order valence-electron chi connectivity index (χ3n) is 5.76. The first-order valence-electron chi connectivity index (χ1n) is 11.7. The lowest BCUT2D eigenvalue weighted by Crippen LogP contribution is -2.34. The molecule has 3 aromatic rings. The van der Waals surface area contributed by atoms with Crippen molar-refractivity contribution in [3.8, 4) is 0 Å². The molecule has 2 N–H and O–H groups in total. The Kier molecular flexibility index (Phi) is 9.45. The summed E-state index contributed by atoms with van der Waals surface area (Å²) in [5.74, 6) is 0.522. The van der Waals surface area contributed by atoms with E-state index in [0.717, 1.165) is 34.6 Å². The second-order valence-corrected chi connectivity index (χ2v) is 9.62. The minimum atomic E-state index is -0.257. The van der Waals surface area contributed by atoms with Gasteiger partial charge in [-0.25, -0.2) is 0 Å². The summed E-state index contributed by atoms with van der Waals surface area (Å²) >= 11 is 1.32. The zero-order chi connectivity index (χ0) is 25.4. The van der Waals surface area contributed by atoms with Gasteiger partial charge in [0.1, 0.15) is 0 Å². The van der Waals surface area contributed by atoms with Crippen LogP contribution in [0.2, 0.25) is 0 Å². The van der Waals surface area contributed by atoms with Crippen LogP contribution in [-0.2, 0) is 16.1 Å². The van der Waals surface area contributed by atoms with Gasteiger partial charge in [0.2, 0.25) is 11.8 Å². The van der Waals surface area contributed by atoms with E-state index in [0.29, 0.717) is 11.7 Å². The molecule has 0 radical (unpaired) electrons. The van der Waals surface area contributed by atoms with E-state index in [-0.39, 0.29) is 30.2 Å². The molecule has 0 saturated heterocycles. The van der Waals surface area contributed by atoms with Crippen LogP contribution in [0.4, 0.5) is 5.69 Å². The van der Waals surface area contributed by atoms with Gasteiger partial charge in [0, 0.05) is 5.69 Å². The molecule has 0 aliphatic heterocycles. The van der Waals surface area contributed by atoms with E-state index >= 15 is 0 Å². The molecule has 1 aromatic heterocycles. The van der Waals surface area contributed by atoms with E-state index in [9.17, 15) is 9.59 Å². The van der Waals surface area contributed by atoms with Gasteiger partial charge < -0.3 is 15.2 Å². The van der Waals surface area contributed by atoms with Gasteiger partial charge in [0.05, 0.1) is 24.9 Å². The lowest BCUT2D eigenvalue weighted by Gasteiger charge is -2.23. The summed E-state index contributed by atoms with van der Waals surface area (Å²) < 4.78 is 2.08. The van der Waals surface area contributed by atoms with E-state index in [4.69, 9.17) is 0 Å². The molecule has 8 nitrogen and oxygen atoms in total. The zero-order valence-electron chi connectivity index (χ0n) is 21.0. The topological polar surface area (TPSA) is 92.1 Å². The fourth-order valence-electron chi connectivity index (χ4n) is 3.90. The van der Waals surface area contributed by atoms with E-state index in [1.54, 1.807) is 0 Å². The number of amides is 2. The minimum absolute atomic E-state index is 0.0896. The second-order valence-electron chi connectivity index (χ2n) is 8.68. The highest BCUT2D eigenvalue weighted by molar-refractivity contribution is 7.99. The number of anilines is 1. The number of rotatable bonds is 11. The lowest BCUT2D eigenvalue weighted by molar-refractivity contribution is -0.122. The molecule has 0 aliphatic rings. The Bertz CT molecular complexity index is 1130. The number of hydrogen-bond acceptors (Lipinski definition) is 6. The predicted octanol–water partition coefficient (Wildman–Crippen LogP) is 3.80. The van der Waals surface area contributed by atoms with Gasteiger partial charge in [0.15, 0.2) is 11.0 Å². The van der Waals surface area contributed by atoms with Crippen LogP contribution in [0.1, 0.15) is 41.9 Å². The maximum atomic E-state index is 12.5. The number of para-hydroxylation sites is 1. The molecule has 186 valence electrons. The van der Waals surface area contributed by atoms with Crippen LogP contribution in [0.15, 0.2) is 53.7 Å². The summed E-state index contributed by atoms with van der Waals surface area (Å²) in [5.41, 5.74) is 3.89. The molecule has 0 spiro atoms. The number of hydrogen-bond donors (Lipinski definition) is 2. The molecule has 2 aromatic carbocycles. The van der Waals surface area contributed by atoms with Crippen LogP contribution in [0, 0.1) is 13.8 Å². The zero-order valence-corrected chi connectivity index (χ0v) is 21.9. The quantitative estimate of drug-likeness (QED) is 0.394. The number of nitrogens with zero attached hydrogens (tertiary/aromatic N) is 4. The van der Waals surface area contributed by atoms with Gasteiger partial charge in [-0.2, -0.15) is 0 Å². The normalized spacial score (nSPS) is 11.9. The number of thioether (sulfide) groups is 1. The summed E-state index contributed by atoms with van der Waals surface area (Å²) in [7, 11) is 4.05. The van der Waals surface area contributed by atoms with Gasteiger partial charge in [-0.3, -0.25) is 14.5 Å². The lowest BCUT2D eigenvalue weighted by atomic mass is 10.1. The van der Waals surface area contributed by atoms with Crippen molar-refractivity contribution in [1.29, 1.82) is 0 Å². The van der Waals surface area contributed by atoms with Crippen LogP contribution in [0.5, 0.6) is 0 Å². The maximum absolute atomic E-state index is 12.5. The van der Waals surface area contributed by atoms with E-state index in [1.807, 2.05) is 64.3 Å². The number of carbonyl (C=O) groups excluding carboxylic acids is 2. The number of benzene rings is 2. The molecular weight excluding hydrogens is 460 g/mol. The molecule has 0 bridgehead atoms.